The Morgan fingerprint density at radius 1 is 1.39 bits per heavy atom. The third-order valence-electron chi connectivity index (χ3n) is 3.46. The summed E-state index contributed by atoms with van der Waals surface area (Å²) in [6.07, 6.45) is 6.85. The molecule has 2 nitrogen and oxygen atoms in total. The fourth-order valence-corrected chi connectivity index (χ4v) is 3.34. The van der Waals surface area contributed by atoms with E-state index in [-0.39, 0.29) is 5.91 Å². The van der Waals surface area contributed by atoms with Crippen LogP contribution >= 0.6 is 34.2 Å². The van der Waals surface area contributed by atoms with E-state index in [1.54, 1.807) is 0 Å². The van der Waals surface area contributed by atoms with Gasteiger partial charge in [0.1, 0.15) is 0 Å². The zero-order valence-electron chi connectivity index (χ0n) is 10.2. The van der Waals surface area contributed by atoms with Gasteiger partial charge in [0.15, 0.2) is 0 Å². The van der Waals surface area contributed by atoms with E-state index in [9.17, 15) is 4.79 Å². The van der Waals surface area contributed by atoms with Crippen LogP contribution in [0.2, 0.25) is 5.02 Å². The Morgan fingerprint density at radius 3 is 2.78 bits per heavy atom. The third-order valence-corrected chi connectivity index (χ3v) is 4.44. The highest BCUT2D eigenvalue weighted by atomic mass is 127. The summed E-state index contributed by atoms with van der Waals surface area (Å²) in [5, 5.41) is 3.49. The highest BCUT2D eigenvalue weighted by Crippen LogP contribution is 2.29. The molecule has 0 spiro atoms. The molecule has 2 rings (SSSR count). The van der Waals surface area contributed by atoms with Crippen molar-refractivity contribution in [1.29, 1.82) is 0 Å². The molecule has 0 unspecified atom stereocenters. The van der Waals surface area contributed by atoms with Gasteiger partial charge >= 0.3 is 0 Å². The Labute approximate surface area is 127 Å². The van der Waals surface area contributed by atoms with Crippen LogP contribution in [0, 0.1) is 9.49 Å². The first-order chi connectivity index (χ1) is 8.65. The highest BCUT2D eigenvalue weighted by molar-refractivity contribution is 14.1. The van der Waals surface area contributed by atoms with Crippen LogP contribution in [0.3, 0.4) is 0 Å². The van der Waals surface area contributed by atoms with Gasteiger partial charge in [-0.1, -0.05) is 37.3 Å². The summed E-state index contributed by atoms with van der Waals surface area (Å²) in [4.78, 5) is 11.8. The minimum atomic E-state index is 0.0741. The molecule has 0 aromatic heterocycles. The zero-order chi connectivity index (χ0) is 13.0. The second-order valence-electron chi connectivity index (χ2n) is 4.86. The predicted molar refractivity (Wildman–Crippen MR) is 84.0 cm³/mol. The van der Waals surface area contributed by atoms with Gasteiger partial charge in [0.25, 0.3) is 0 Å². The molecule has 1 saturated carbocycles. The van der Waals surface area contributed by atoms with Crippen molar-refractivity contribution in [2.45, 2.75) is 38.5 Å². The molecule has 1 aliphatic rings. The number of carbonyl (C=O) groups excluding carboxylic acids is 1. The largest absolute Gasteiger partial charge is 0.325 e. The monoisotopic (exact) mass is 377 g/mol. The summed E-state index contributed by atoms with van der Waals surface area (Å²) in [5.74, 6) is 0.827. The first-order valence-corrected chi connectivity index (χ1v) is 7.86. The van der Waals surface area contributed by atoms with Crippen molar-refractivity contribution in [3.05, 3.63) is 26.8 Å². The number of hydrogen-bond acceptors (Lipinski definition) is 1. The number of nitrogens with one attached hydrogen (secondary N) is 1. The van der Waals surface area contributed by atoms with Crippen LogP contribution in [0.5, 0.6) is 0 Å². The van der Waals surface area contributed by atoms with Crippen LogP contribution in [-0.4, -0.2) is 5.91 Å². The quantitative estimate of drug-likeness (QED) is 0.746. The average Bonchev–Trinajstić information content (AvgIpc) is 2.83. The lowest BCUT2D eigenvalue weighted by Gasteiger charge is -2.10. The summed E-state index contributed by atoms with van der Waals surface area (Å²) in [7, 11) is 0. The van der Waals surface area contributed by atoms with Gasteiger partial charge in [-0.2, -0.15) is 0 Å². The number of hydrogen-bond donors (Lipinski definition) is 1. The molecule has 98 valence electrons. The average molecular weight is 378 g/mol. The molecule has 0 heterocycles. The summed E-state index contributed by atoms with van der Waals surface area (Å²) in [6, 6.07) is 5.66. The maximum absolute atomic E-state index is 11.8. The third kappa shape index (κ3) is 4.12. The number of amides is 1. The predicted octanol–water partition coefficient (Wildman–Crippen LogP) is 4.85. The number of benzene rings is 1. The molecular weight excluding hydrogens is 361 g/mol. The SMILES string of the molecule is O=C(CCC1CCCC1)Nc1ccc(I)cc1Cl. The highest BCUT2D eigenvalue weighted by Gasteiger charge is 2.16. The molecule has 4 heteroatoms. The van der Waals surface area contributed by atoms with Gasteiger partial charge in [-0.3, -0.25) is 4.79 Å². The molecule has 1 N–H and O–H groups in total. The van der Waals surface area contributed by atoms with Crippen molar-refractivity contribution in [1.82, 2.24) is 0 Å². The van der Waals surface area contributed by atoms with Gasteiger partial charge in [0.05, 0.1) is 10.7 Å². The number of rotatable bonds is 4. The molecule has 0 bridgehead atoms. The number of anilines is 1. The lowest BCUT2D eigenvalue weighted by molar-refractivity contribution is -0.116. The zero-order valence-corrected chi connectivity index (χ0v) is 13.1. The molecule has 1 aliphatic carbocycles. The smallest absolute Gasteiger partial charge is 0.224 e. The summed E-state index contributed by atoms with van der Waals surface area (Å²) < 4.78 is 1.07. The van der Waals surface area contributed by atoms with E-state index in [1.165, 1.54) is 25.7 Å². The van der Waals surface area contributed by atoms with E-state index in [1.807, 2.05) is 18.2 Å². The normalized spacial score (nSPS) is 15.9. The van der Waals surface area contributed by atoms with Crippen LogP contribution < -0.4 is 5.32 Å². The minimum Gasteiger partial charge on any atom is -0.325 e. The van der Waals surface area contributed by atoms with E-state index in [2.05, 4.69) is 27.9 Å². The minimum absolute atomic E-state index is 0.0741. The Kier molecular flexibility index (Phi) is 5.30. The molecule has 0 aliphatic heterocycles. The molecule has 1 amide bonds. The van der Waals surface area contributed by atoms with E-state index in [0.29, 0.717) is 17.1 Å². The maximum atomic E-state index is 11.8. The molecule has 0 radical (unpaired) electrons. The first kappa shape index (κ1) is 14.1. The second-order valence-corrected chi connectivity index (χ2v) is 6.51. The Bertz CT molecular complexity index is 430. The molecular formula is C14H17ClINO. The van der Waals surface area contributed by atoms with Crippen LogP contribution in [0.25, 0.3) is 0 Å². The van der Waals surface area contributed by atoms with Gasteiger partial charge < -0.3 is 5.32 Å². The van der Waals surface area contributed by atoms with Crippen LogP contribution in [0.1, 0.15) is 38.5 Å². The maximum Gasteiger partial charge on any atom is 0.224 e. The van der Waals surface area contributed by atoms with E-state index >= 15 is 0 Å². The van der Waals surface area contributed by atoms with Crippen molar-refractivity contribution in [2.75, 3.05) is 5.32 Å². The van der Waals surface area contributed by atoms with Crippen LogP contribution in [0.15, 0.2) is 18.2 Å². The van der Waals surface area contributed by atoms with E-state index in [0.717, 1.165) is 15.9 Å². The molecule has 18 heavy (non-hydrogen) atoms. The van der Waals surface area contributed by atoms with Gasteiger partial charge in [-0.15, -0.1) is 0 Å². The van der Waals surface area contributed by atoms with Crippen molar-refractivity contribution in [3.63, 3.8) is 0 Å². The Morgan fingerprint density at radius 2 is 2.11 bits per heavy atom. The van der Waals surface area contributed by atoms with Crippen molar-refractivity contribution in [3.8, 4) is 0 Å². The van der Waals surface area contributed by atoms with Gasteiger partial charge in [-0.25, -0.2) is 0 Å². The van der Waals surface area contributed by atoms with Gasteiger partial charge in [-0.05, 0) is 53.1 Å². The van der Waals surface area contributed by atoms with Gasteiger partial charge in [0, 0.05) is 9.99 Å². The topological polar surface area (TPSA) is 29.1 Å². The Hall–Kier alpha value is -0.290. The Balaban J connectivity index is 1.82. The lowest BCUT2D eigenvalue weighted by atomic mass is 10.0. The fourth-order valence-electron chi connectivity index (χ4n) is 2.44. The van der Waals surface area contributed by atoms with Crippen molar-refractivity contribution in [2.24, 2.45) is 5.92 Å². The van der Waals surface area contributed by atoms with Crippen LogP contribution in [0.4, 0.5) is 5.69 Å². The molecule has 1 aromatic carbocycles. The van der Waals surface area contributed by atoms with Gasteiger partial charge in [0.2, 0.25) is 5.91 Å². The molecule has 0 atom stereocenters. The second kappa shape index (κ2) is 6.75. The van der Waals surface area contributed by atoms with Crippen LogP contribution in [-0.2, 0) is 4.79 Å². The summed E-state index contributed by atoms with van der Waals surface area (Å²) >= 11 is 8.28. The molecule has 1 aromatic rings. The summed E-state index contributed by atoms with van der Waals surface area (Å²) in [5.41, 5.74) is 0.716. The molecule has 1 fully saturated rings. The van der Waals surface area contributed by atoms with Crippen molar-refractivity contribution >= 4 is 45.8 Å². The van der Waals surface area contributed by atoms with E-state index in [4.69, 9.17) is 11.6 Å². The van der Waals surface area contributed by atoms with Crippen molar-refractivity contribution < 1.29 is 4.79 Å². The first-order valence-electron chi connectivity index (χ1n) is 6.40. The summed E-state index contributed by atoms with van der Waals surface area (Å²) in [6.45, 7) is 0. The van der Waals surface area contributed by atoms with E-state index < -0.39 is 0 Å². The number of halogens is 2. The fraction of sp³-hybridized carbons (Fsp3) is 0.500. The standard InChI is InChI=1S/C14H17ClINO/c15-12-9-11(16)6-7-13(12)17-14(18)8-5-10-3-1-2-4-10/h6-7,9-10H,1-5,8H2,(H,17,18). The number of carbonyl (C=O) groups is 1. The molecule has 0 saturated heterocycles. The lowest BCUT2D eigenvalue weighted by Crippen LogP contribution is -2.13.